The van der Waals surface area contributed by atoms with Crippen molar-refractivity contribution in [2.45, 2.75) is 20.4 Å². The van der Waals surface area contributed by atoms with Crippen LogP contribution >= 0.6 is 22.9 Å². The average molecular weight is 543 g/mol. The standard InChI is InChI=1S/C27H24ClFN2O5S/c1-4-35-26-24(29)25(17-5-7-18(8-6-17)27(33)34-3)30-31(26)13-14-36-21-10-9-19(15-20(21)28)23-12-11-22(37-23)16(2)32/h5-12,15H,4,13-14H2,1-3H3. The summed E-state index contributed by atoms with van der Waals surface area (Å²) in [6, 6.07) is 15.4. The Labute approximate surface area is 222 Å². The Morgan fingerprint density at radius 2 is 1.78 bits per heavy atom. The fraction of sp³-hybridized carbons (Fsp3) is 0.222. The number of halogens is 2. The van der Waals surface area contributed by atoms with E-state index >= 15 is 4.39 Å². The van der Waals surface area contributed by atoms with Crippen molar-refractivity contribution in [1.29, 1.82) is 0 Å². The summed E-state index contributed by atoms with van der Waals surface area (Å²) in [6.07, 6.45) is 0. The highest BCUT2D eigenvalue weighted by molar-refractivity contribution is 7.17. The molecule has 0 radical (unpaired) electrons. The summed E-state index contributed by atoms with van der Waals surface area (Å²) in [6.45, 7) is 3.91. The molecule has 0 aliphatic rings. The molecule has 0 amide bonds. The van der Waals surface area contributed by atoms with Crippen LogP contribution < -0.4 is 9.47 Å². The van der Waals surface area contributed by atoms with Crippen LogP contribution in [0, 0.1) is 5.82 Å². The summed E-state index contributed by atoms with van der Waals surface area (Å²) in [7, 11) is 1.30. The molecule has 0 saturated carbocycles. The van der Waals surface area contributed by atoms with E-state index in [1.807, 2.05) is 12.1 Å². The molecule has 2 heterocycles. The van der Waals surface area contributed by atoms with E-state index in [4.69, 9.17) is 25.8 Å². The van der Waals surface area contributed by atoms with Gasteiger partial charge in [-0.15, -0.1) is 11.3 Å². The number of thiophene rings is 1. The van der Waals surface area contributed by atoms with E-state index in [1.54, 1.807) is 49.4 Å². The van der Waals surface area contributed by atoms with Crippen molar-refractivity contribution < 1.29 is 28.2 Å². The molecule has 2 aromatic heterocycles. The number of esters is 1. The zero-order chi connectivity index (χ0) is 26.5. The van der Waals surface area contributed by atoms with Crippen LogP contribution in [-0.4, -0.2) is 41.9 Å². The van der Waals surface area contributed by atoms with E-state index in [1.165, 1.54) is 30.1 Å². The van der Waals surface area contributed by atoms with E-state index < -0.39 is 11.8 Å². The summed E-state index contributed by atoms with van der Waals surface area (Å²) in [5, 5.41) is 4.79. The second-order valence-corrected chi connectivity index (χ2v) is 9.40. The molecule has 0 aliphatic heterocycles. The molecule has 0 unspecified atom stereocenters. The topological polar surface area (TPSA) is 79.7 Å². The van der Waals surface area contributed by atoms with E-state index in [0.717, 1.165) is 10.4 Å². The van der Waals surface area contributed by atoms with Crippen LogP contribution in [0.1, 0.15) is 33.9 Å². The molecule has 0 spiro atoms. The number of benzene rings is 2. The van der Waals surface area contributed by atoms with Crippen molar-refractivity contribution in [2.24, 2.45) is 0 Å². The first-order valence-corrected chi connectivity index (χ1v) is 12.6. The zero-order valence-electron chi connectivity index (χ0n) is 20.4. The summed E-state index contributed by atoms with van der Waals surface area (Å²) in [4.78, 5) is 24.9. The second kappa shape index (κ2) is 11.6. The van der Waals surface area contributed by atoms with Crippen molar-refractivity contribution in [1.82, 2.24) is 9.78 Å². The zero-order valence-corrected chi connectivity index (χ0v) is 22.0. The maximum absolute atomic E-state index is 15.2. The molecule has 0 N–H and O–H groups in total. The molecule has 10 heteroatoms. The van der Waals surface area contributed by atoms with Crippen LogP contribution in [-0.2, 0) is 11.3 Å². The minimum atomic E-state index is -0.601. The number of nitrogens with zero attached hydrogens (tertiary/aromatic N) is 2. The lowest BCUT2D eigenvalue weighted by Crippen LogP contribution is -2.12. The molecule has 7 nitrogen and oxygen atoms in total. The predicted octanol–water partition coefficient (Wildman–Crippen LogP) is 6.54. The number of carbonyl (C=O) groups excluding carboxylic acids is 2. The van der Waals surface area contributed by atoms with E-state index in [2.05, 4.69) is 5.10 Å². The van der Waals surface area contributed by atoms with Gasteiger partial charge in [-0.05, 0) is 61.9 Å². The van der Waals surface area contributed by atoms with E-state index in [0.29, 0.717) is 26.8 Å². The van der Waals surface area contributed by atoms with Gasteiger partial charge >= 0.3 is 5.97 Å². The third-order valence-electron chi connectivity index (χ3n) is 5.44. The van der Waals surface area contributed by atoms with Crippen LogP contribution in [0.2, 0.25) is 5.02 Å². The van der Waals surface area contributed by atoms with Gasteiger partial charge in [0.05, 0.1) is 35.7 Å². The Kier molecular flexibility index (Phi) is 8.25. The fourth-order valence-electron chi connectivity index (χ4n) is 3.61. The molecule has 37 heavy (non-hydrogen) atoms. The van der Waals surface area contributed by atoms with Crippen LogP contribution in [0.3, 0.4) is 0 Å². The Bertz CT molecular complexity index is 1430. The van der Waals surface area contributed by atoms with Crippen LogP contribution in [0.15, 0.2) is 54.6 Å². The van der Waals surface area contributed by atoms with Crippen molar-refractivity contribution in [2.75, 3.05) is 20.3 Å². The molecule has 4 rings (SSSR count). The quantitative estimate of drug-likeness (QED) is 0.167. The number of carbonyl (C=O) groups is 2. The number of Topliss-reactive ketones (excluding diaryl/α,β-unsaturated/α-hetero) is 1. The van der Waals surface area contributed by atoms with Gasteiger partial charge in [0.25, 0.3) is 0 Å². The number of hydrogen-bond donors (Lipinski definition) is 0. The number of rotatable bonds is 10. The molecular formula is C27H24ClFN2O5S. The summed E-state index contributed by atoms with van der Waals surface area (Å²) < 4.78 is 32.6. The van der Waals surface area contributed by atoms with Gasteiger partial charge in [0.2, 0.25) is 11.7 Å². The molecule has 0 bridgehead atoms. The first kappa shape index (κ1) is 26.4. The Morgan fingerprint density at radius 3 is 2.41 bits per heavy atom. The predicted molar refractivity (Wildman–Crippen MR) is 140 cm³/mol. The van der Waals surface area contributed by atoms with E-state index in [9.17, 15) is 9.59 Å². The fourth-order valence-corrected chi connectivity index (χ4v) is 4.75. The summed E-state index contributed by atoms with van der Waals surface area (Å²) >= 11 is 7.84. The maximum Gasteiger partial charge on any atom is 0.337 e. The first-order valence-electron chi connectivity index (χ1n) is 11.4. The van der Waals surface area contributed by atoms with Crippen molar-refractivity contribution in [3.05, 3.63) is 75.9 Å². The number of ether oxygens (including phenoxy) is 3. The van der Waals surface area contributed by atoms with Crippen LogP contribution in [0.25, 0.3) is 21.7 Å². The third kappa shape index (κ3) is 5.84. The molecule has 4 aromatic rings. The molecular weight excluding hydrogens is 519 g/mol. The van der Waals surface area contributed by atoms with Crippen molar-refractivity contribution in [3.63, 3.8) is 0 Å². The van der Waals surface area contributed by atoms with Crippen LogP contribution in [0.4, 0.5) is 4.39 Å². The molecule has 0 atom stereocenters. The van der Waals surface area contributed by atoms with Crippen molar-refractivity contribution in [3.8, 4) is 33.3 Å². The highest BCUT2D eigenvalue weighted by Crippen LogP contribution is 2.34. The van der Waals surface area contributed by atoms with Gasteiger partial charge in [-0.1, -0.05) is 23.7 Å². The van der Waals surface area contributed by atoms with Gasteiger partial charge in [0.1, 0.15) is 18.1 Å². The third-order valence-corrected chi connectivity index (χ3v) is 6.97. The monoisotopic (exact) mass is 542 g/mol. The maximum atomic E-state index is 15.2. The smallest absolute Gasteiger partial charge is 0.337 e. The van der Waals surface area contributed by atoms with Crippen LogP contribution in [0.5, 0.6) is 11.6 Å². The van der Waals surface area contributed by atoms with Gasteiger partial charge in [0.15, 0.2) is 5.78 Å². The highest BCUT2D eigenvalue weighted by Gasteiger charge is 2.21. The summed E-state index contributed by atoms with van der Waals surface area (Å²) in [5.74, 6) is -0.592. The number of ketones is 1. The minimum Gasteiger partial charge on any atom is -0.490 e. The lowest BCUT2D eigenvalue weighted by atomic mass is 10.1. The van der Waals surface area contributed by atoms with Crippen molar-refractivity contribution >= 4 is 34.7 Å². The van der Waals surface area contributed by atoms with Gasteiger partial charge in [-0.3, -0.25) is 4.79 Å². The second-order valence-electron chi connectivity index (χ2n) is 7.91. The Hall–Kier alpha value is -3.69. The van der Waals surface area contributed by atoms with E-state index in [-0.39, 0.29) is 37.1 Å². The number of hydrogen-bond acceptors (Lipinski definition) is 7. The lowest BCUT2D eigenvalue weighted by Gasteiger charge is -2.11. The SMILES string of the molecule is CCOc1c(F)c(-c2ccc(C(=O)OC)cc2)nn1CCOc1ccc(-c2ccc(C(C)=O)s2)cc1Cl. The molecule has 0 fully saturated rings. The lowest BCUT2D eigenvalue weighted by molar-refractivity contribution is 0.0600. The summed E-state index contributed by atoms with van der Waals surface area (Å²) in [5.41, 5.74) is 1.82. The van der Waals surface area contributed by atoms with Gasteiger partial charge in [0, 0.05) is 10.4 Å². The minimum absolute atomic E-state index is 0.00133. The number of methoxy groups -OCH3 is 1. The first-order chi connectivity index (χ1) is 17.8. The Balaban J connectivity index is 1.48. The molecule has 0 aliphatic carbocycles. The number of aromatic nitrogens is 2. The normalized spacial score (nSPS) is 10.8. The molecule has 0 saturated heterocycles. The van der Waals surface area contributed by atoms with Gasteiger partial charge < -0.3 is 14.2 Å². The average Bonchev–Trinajstić information content (AvgIpc) is 3.51. The molecule has 2 aromatic carbocycles. The Morgan fingerprint density at radius 1 is 1.05 bits per heavy atom. The molecule has 192 valence electrons. The highest BCUT2D eigenvalue weighted by atomic mass is 35.5. The van der Waals surface area contributed by atoms with Gasteiger partial charge in [-0.2, -0.15) is 9.49 Å². The largest absolute Gasteiger partial charge is 0.490 e. The van der Waals surface area contributed by atoms with Gasteiger partial charge in [-0.25, -0.2) is 9.48 Å².